The van der Waals surface area contributed by atoms with Crippen LogP contribution in [0.3, 0.4) is 0 Å². The topological polar surface area (TPSA) is 79.3 Å². The number of hydrogen-bond donors (Lipinski definition) is 2. The zero-order valence-electron chi connectivity index (χ0n) is 8.36. The molecule has 5 heteroatoms. The number of nitrogens with one attached hydrogen (secondary N) is 1. The van der Waals surface area contributed by atoms with Crippen LogP contribution in [0.5, 0.6) is 0 Å². The lowest BCUT2D eigenvalue weighted by atomic mass is 10.2. The van der Waals surface area contributed by atoms with Crippen molar-refractivity contribution in [2.75, 3.05) is 6.54 Å². The number of carboxylic acids is 1. The fraction of sp³-hybridized carbons (Fsp3) is 0.300. The normalized spacial score (nSPS) is 9.67. The third-order valence-electron chi connectivity index (χ3n) is 1.83. The summed E-state index contributed by atoms with van der Waals surface area (Å²) in [6.07, 6.45) is 2.15. The Hall–Kier alpha value is -1.91. The first-order valence-electron chi connectivity index (χ1n) is 4.52. The molecule has 0 aliphatic heterocycles. The molecule has 0 fully saturated rings. The molecule has 0 saturated heterocycles. The van der Waals surface area contributed by atoms with Crippen LogP contribution in [0.2, 0.25) is 0 Å². The van der Waals surface area contributed by atoms with Crippen LogP contribution in [-0.4, -0.2) is 28.5 Å². The van der Waals surface area contributed by atoms with E-state index in [1.165, 1.54) is 19.2 Å². The average Bonchev–Trinajstić information content (AvgIpc) is 2.18. The van der Waals surface area contributed by atoms with Gasteiger partial charge in [0.2, 0.25) is 5.91 Å². The molecule has 0 spiro atoms. The van der Waals surface area contributed by atoms with Crippen molar-refractivity contribution < 1.29 is 14.7 Å². The predicted octanol–water partition coefficient (Wildman–Crippen LogP) is 0.458. The van der Waals surface area contributed by atoms with Crippen molar-refractivity contribution in [1.82, 2.24) is 10.3 Å². The molecule has 0 radical (unpaired) electrons. The monoisotopic (exact) mass is 208 g/mol. The van der Waals surface area contributed by atoms with Crippen molar-refractivity contribution >= 4 is 11.9 Å². The summed E-state index contributed by atoms with van der Waals surface area (Å²) in [5.74, 6) is -1.12. The van der Waals surface area contributed by atoms with Crippen molar-refractivity contribution in [2.24, 2.45) is 0 Å². The summed E-state index contributed by atoms with van der Waals surface area (Å²) >= 11 is 0. The number of aromatic carboxylic acids is 1. The largest absolute Gasteiger partial charge is 0.477 e. The maximum atomic E-state index is 10.6. The number of hydrogen-bond acceptors (Lipinski definition) is 3. The van der Waals surface area contributed by atoms with Gasteiger partial charge in [-0.25, -0.2) is 9.78 Å². The first-order chi connectivity index (χ1) is 7.09. The van der Waals surface area contributed by atoms with Crippen LogP contribution < -0.4 is 5.32 Å². The second kappa shape index (κ2) is 5.09. The van der Waals surface area contributed by atoms with Crippen LogP contribution in [0.4, 0.5) is 0 Å². The maximum Gasteiger partial charge on any atom is 0.354 e. The first kappa shape index (κ1) is 11.2. The van der Waals surface area contributed by atoms with E-state index >= 15 is 0 Å². The Morgan fingerprint density at radius 3 is 2.67 bits per heavy atom. The van der Waals surface area contributed by atoms with Crippen molar-refractivity contribution in [3.05, 3.63) is 29.6 Å². The van der Waals surface area contributed by atoms with Crippen LogP contribution in [-0.2, 0) is 11.2 Å². The van der Waals surface area contributed by atoms with Gasteiger partial charge in [-0.3, -0.25) is 4.79 Å². The van der Waals surface area contributed by atoms with Gasteiger partial charge in [0, 0.05) is 19.7 Å². The number of aromatic nitrogens is 1. The van der Waals surface area contributed by atoms with E-state index in [2.05, 4.69) is 10.3 Å². The summed E-state index contributed by atoms with van der Waals surface area (Å²) < 4.78 is 0. The highest BCUT2D eigenvalue weighted by molar-refractivity contribution is 5.85. The van der Waals surface area contributed by atoms with E-state index in [1.54, 1.807) is 6.07 Å². The van der Waals surface area contributed by atoms with Gasteiger partial charge < -0.3 is 10.4 Å². The van der Waals surface area contributed by atoms with Crippen molar-refractivity contribution in [3.63, 3.8) is 0 Å². The van der Waals surface area contributed by atoms with Crippen molar-refractivity contribution in [3.8, 4) is 0 Å². The van der Waals surface area contributed by atoms with E-state index < -0.39 is 5.97 Å². The Labute approximate surface area is 87.1 Å². The molecule has 1 aromatic heterocycles. The molecule has 5 nitrogen and oxygen atoms in total. The van der Waals surface area contributed by atoms with Crippen LogP contribution in [0.1, 0.15) is 23.0 Å². The van der Waals surface area contributed by atoms with E-state index in [9.17, 15) is 9.59 Å². The number of amides is 1. The number of rotatable bonds is 4. The Bertz CT molecular complexity index is 359. The van der Waals surface area contributed by atoms with Gasteiger partial charge in [0.1, 0.15) is 5.69 Å². The van der Waals surface area contributed by atoms with Crippen LogP contribution in [0.15, 0.2) is 18.3 Å². The number of carbonyl (C=O) groups is 2. The van der Waals surface area contributed by atoms with Crippen molar-refractivity contribution in [1.29, 1.82) is 0 Å². The highest BCUT2D eigenvalue weighted by atomic mass is 16.4. The lowest BCUT2D eigenvalue weighted by Gasteiger charge is -2.02. The Balaban J connectivity index is 2.50. The first-order valence-corrected chi connectivity index (χ1v) is 4.52. The molecule has 0 atom stereocenters. The second-order valence-corrected chi connectivity index (χ2v) is 3.09. The van der Waals surface area contributed by atoms with Crippen LogP contribution in [0, 0.1) is 0 Å². The van der Waals surface area contributed by atoms with Gasteiger partial charge >= 0.3 is 5.97 Å². The molecule has 0 aliphatic rings. The van der Waals surface area contributed by atoms with E-state index in [1.807, 2.05) is 0 Å². The molecule has 0 bridgehead atoms. The minimum atomic E-state index is -1.04. The number of pyridine rings is 1. The quantitative estimate of drug-likeness (QED) is 0.753. The molecule has 2 N–H and O–H groups in total. The third kappa shape index (κ3) is 3.76. The minimum Gasteiger partial charge on any atom is -0.477 e. The van der Waals surface area contributed by atoms with Gasteiger partial charge in [-0.15, -0.1) is 0 Å². The summed E-state index contributed by atoms with van der Waals surface area (Å²) in [6, 6.07) is 3.14. The molecule has 0 saturated carbocycles. The summed E-state index contributed by atoms with van der Waals surface area (Å²) in [5, 5.41) is 11.3. The molecular weight excluding hydrogens is 196 g/mol. The lowest BCUT2D eigenvalue weighted by Crippen LogP contribution is -2.22. The molecule has 0 aliphatic carbocycles. The van der Waals surface area contributed by atoms with Crippen LogP contribution in [0.25, 0.3) is 0 Å². The van der Waals surface area contributed by atoms with Crippen LogP contribution >= 0.6 is 0 Å². The zero-order valence-corrected chi connectivity index (χ0v) is 8.36. The molecule has 0 unspecified atom stereocenters. The zero-order chi connectivity index (χ0) is 11.3. The smallest absolute Gasteiger partial charge is 0.354 e. The molecule has 1 amide bonds. The standard InChI is InChI=1S/C10H12N2O3/c1-7(13)11-5-4-8-2-3-9(10(14)15)12-6-8/h2-3,6H,4-5H2,1H3,(H,11,13)(H,14,15). The van der Waals surface area contributed by atoms with Crippen molar-refractivity contribution in [2.45, 2.75) is 13.3 Å². The van der Waals surface area contributed by atoms with Gasteiger partial charge in [0.05, 0.1) is 0 Å². The van der Waals surface area contributed by atoms with E-state index in [0.29, 0.717) is 13.0 Å². The predicted molar refractivity (Wildman–Crippen MR) is 53.6 cm³/mol. The Morgan fingerprint density at radius 2 is 2.20 bits per heavy atom. The molecule has 1 aromatic rings. The molecular formula is C10H12N2O3. The molecule has 1 rings (SSSR count). The molecule has 1 heterocycles. The Morgan fingerprint density at radius 1 is 1.47 bits per heavy atom. The summed E-state index contributed by atoms with van der Waals surface area (Å²) in [4.78, 5) is 24.8. The molecule has 80 valence electrons. The third-order valence-corrected chi connectivity index (χ3v) is 1.83. The highest BCUT2D eigenvalue weighted by Crippen LogP contribution is 2.00. The van der Waals surface area contributed by atoms with Gasteiger partial charge in [0.15, 0.2) is 0 Å². The molecule has 0 aromatic carbocycles. The Kier molecular flexibility index (Phi) is 3.79. The van der Waals surface area contributed by atoms with Gasteiger partial charge in [-0.05, 0) is 18.1 Å². The average molecular weight is 208 g/mol. The minimum absolute atomic E-state index is 0.0262. The molecule has 15 heavy (non-hydrogen) atoms. The number of carbonyl (C=O) groups excluding carboxylic acids is 1. The fourth-order valence-electron chi connectivity index (χ4n) is 1.08. The summed E-state index contributed by atoms with van der Waals surface area (Å²) in [6.45, 7) is 1.98. The van der Waals surface area contributed by atoms with E-state index in [-0.39, 0.29) is 11.6 Å². The maximum absolute atomic E-state index is 10.6. The lowest BCUT2D eigenvalue weighted by molar-refractivity contribution is -0.118. The van der Waals surface area contributed by atoms with Gasteiger partial charge in [-0.2, -0.15) is 0 Å². The highest BCUT2D eigenvalue weighted by Gasteiger charge is 2.03. The van der Waals surface area contributed by atoms with E-state index in [4.69, 9.17) is 5.11 Å². The number of carboxylic acid groups (broad SMARTS) is 1. The fourth-order valence-corrected chi connectivity index (χ4v) is 1.08. The van der Waals surface area contributed by atoms with Gasteiger partial charge in [0.25, 0.3) is 0 Å². The summed E-state index contributed by atoms with van der Waals surface area (Å²) in [7, 11) is 0. The SMILES string of the molecule is CC(=O)NCCc1ccc(C(=O)O)nc1. The second-order valence-electron chi connectivity index (χ2n) is 3.09. The summed E-state index contributed by atoms with van der Waals surface area (Å²) in [5.41, 5.74) is 0.923. The van der Waals surface area contributed by atoms with E-state index in [0.717, 1.165) is 5.56 Å². The number of nitrogens with zero attached hydrogens (tertiary/aromatic N) is 1. The van der Waals surface area contributed by atoms with Gasteiger partial charge in [-0.1, -0.05) is 6.07 Å².